The number of pyridine rings is 1. The lowest BCUT2D eigenvalue weighted by atomic mass is 10.0. The highest BCUT2D eigenvalue weighted by atomic mass is 35.5. The fraction of sp³-hybridized carbons (Fsp3) is 0.421. The summed E-state index contributed by atoms with van der Waals surface area (Å²) < 4.78 is 5.33. The summed E-state index contributed by atoms with van der Waals surface area (Å²) in [6, 6.07) is 6.18. The maximum Gasteiger partial charge on any atom is 0.150 e. The summed E-state index contributed by atoms with van der Waals surface area (Å²) in [5.41, 5.74) is 9.87. The number of aromatic nitrogens is 1. The molecule has 1 heterocycles. The molecule has 3 rings (SSSR count). The summed E-state index contributed by atoms with van der Waals surface area (Å²) in [7, 11) is 1.64. The molecule has 2 aromatic rings. The molecule has 3 N–H and O–H groups in total. The molecule has 1 unspecified atom stereocenters. The van der Waals surface area contributed by atoms with Crippen molar-refractivity contribution in [3.8, 4) is 16.9 Å². The summed E-state index contributed by atoms with van der Waals surface area (Å²) in [5, 5.41) is 4.14. The molecule has 1 aliphatic carbocycles. The number of nitrogens with one attached hydrogen (secondary N) is 1. The van der Waals surface area contributed by atoms with Gasteiger partial charge in [0.25, 0.3) is 0 Å². The molecular formula is C19H24ClN3O. The third-order valence-corrected chi connectivity index (χ3v) is 5.03. The van der Waals surface area contributed by atoms with E-state index in [2.05, 4.69) is 17.2 Å². The number of nitrogen functional groups attached to an aromatic ring is 1. The largest absolute Gasteiger partial charge is 0.496 e. The molecule has 4 nitrogen and oxygen atoms in total. The molecule has 0 radical (unpaired) electrons. The molecule has 1 atom stereocenters. The highest BCUT2D eigenvalue weighted by Gasteiger charge is 2.30. The van der Waals surface area contributed by atoms with E-state index < -0.39 is 0 Å². The molecular weight excluding hydrogens is 322 g/mol. The summed E-state index contributed by atoms with van der Waals surface area (Å²) in [5.74, 6) is 2.26. The van der Waals surface area contributed by atoms with E-state index in [1.807, 2.05) is 25.1 Å². The lowest BCUT2D eigenvalue weighted by molar-refractivity contribution is 0.412. The van der Waals surface area contributed by atoms with Gasteiger partial charge in [0.2, 0.25) is 0 Å². The summed E-state index contributed by atoms with van der Waals surface area (Å²) in [6.45, 7) is 4.19. The SMILES string of the molecule is CCC(Nc1nccc(-c2cc(C)c(OC)cc2Cl)c1N)C1CC1. The number of rotatable bonds is 6. The molecule has 1 aliphatic rings. The molecule has 1 fully saturated rings. The second-order valence-electron chi connectivity index (χ2n) is 6.42. The van der Waals surface area contributed by atoms with Crippen LogP contribution in [0.3, 0.4) is 0 Å². The Balaban J connectivity index is 1.97. The predicted molar refractivity (Wildman–Crippen MR) is 101 cm³/mol. The van der Waals surface area contributed by atoms with Gasteiger partial charge in [0.15, 0.2) is 0 Å². The Kier molecular flexibility index (Phi) is 4.86. The van der Waals surface area contributed by atoms with Crippen LogP contribution in [-0.2, 0) is 0 Å². The first-order chi connectivity index (χ1) is 11.5. The Morgan fingerprint density at radius 2 is 2.12 bits per heavy atom. The van der Waals surface area contributed by atoms with Gasteiger partial charge in [-0.05, 0) is 55.9 Å². The molecule has 0 aliphatic heterocycles. The van der Waals surface area contributed by atoms with Crippen LogP contribution >= 0.6 is 11.6 Å². The number of hydrogen-bond donors (Lipinski definition) is 2. The molecule has 0 saturated heterocycles. The van der Waals surface area contributed by atoms with Crippen molar-refractivity contribution in [1.29, 1.82) is 0 Å². The molecule has 0 amide bonds. The molecule has 0 bridgehead atoms. The van der Waals surface area contributed by atoms with Crippen LogP contribution in [-0.4, -0.2) is 18.1 Å². The number of aryl methyl sites for hydroxylation is 1. The first kappa shape index (κ1) is 16.9. The van der Waals surface area contributed by atoms with Crippen LogP contribution in [0.4, 0.5) is 11.5 Å². The zero-order valence-electron chi connectivity index (χ0n) is 14.4. The van der Waals surface area contributed by atoms with E-state index in [0.717, 1.165) is 40.6 Å². The van der Waals surface area contributed by atoms with E-state index >= 15 is 0 Å². The Labute approximate surface area is 148 Å². The fourth-order valence-corrected chi connectivity index (χ4v) is 3.40. The number of hydrogen-bond acceptors (Lipinski definition) is 4. The normalized spacial score (nSPS) is 15.2. The minimum Gasteiger partial charge on any atom is -0.496 e. The van der Waals surface area contributed by atoms with E-state index in [1.54, 1.807) is 13.3 Å². The van der Waals surface area contributed by atoms with Gasteiger partial charge in [-0.2, -0.15) is 0 Å². The van der Waals surface area contributed by atoms with Crippen molar-refractivity contribution in [1.82, 2.24) is 4.98 Å². The summed E-state index contributed by atoms with van der Waals surface area (Å²) >= 11 is 6.46. The predicted octanol–water partition coefficient (Wildman–Crippen LogP) is 4.90. The third-order valence-electron chi connectivity index (χ3n) is 4.72. The summed E-state index contributed by atoms with van der Waals surface area (Å²) in [4.78, 5) is 4.44. The van der Waals surface area contributed by atoms with Gasteiger partial charge in [-0.15, -0.1) is 0 Å². The standard InChI is InChI=1S/C19H24ClN3O/c1-4-16(12-5-6-12)23-19-18(21)13(7-8-22-19)14-9-11(2)17(24-3)10-15(14)20/h7-10,12,16H,4-6,21H2,1-3H3,(H,22,23). The second-order valence-corrected chi connectivity index (χ2v) is 6.83. The molecule has 5 heteroatoms. The van der Waals surface area contributed by atoms with Crippen LogP contribution < -0.4 is 15.8 Å². The first-order valence-corrected chi connectivity index (χ1v) is 8.78. The molecule has 24 heavy (non-hydrogen) atoms. The zero-order valence-corrected chi connectivity index (χ0v) is 15.2. The Morgan fingerprint density at radius 3 is 2.75 bits per heavy atom. The van der Waals surface area contributed by atoms with Gasteiger partial charge in [-0.3, -0.25) is 0 Å². The van der Waals surface area contributed by atoms with E-state index in [-0.39, 0.29) is 0 Å². The van der Waals surface area contributed by atoms with Gasteiger partial charge in [-0.25, -0.2) is 4.98 Å². The van der Waals surface area contributed by atoms with Crippen LogP contribution in [0.15, 0.2) is 24.4 Å². The maximum atomic E-state index is 6.46. The number of anilines is 2. The molecule has 1 aromatic heterocycles. The minimum atomic E-state index is 0.433. The number of methoxy groups -OCH3 is 1. The van der Waals surface area contributed by atoms with Crippen molar-refractivity contribution in [3.05, 3.63) is 35.0 Å². The Bertz CT molecular complexity index is 744. The molecule has 128 valence electrons. The molecule has 1 aromatic carbocycles. The number of nitrogens with two attached hydrogens (primary N) is 1. The number of halogens is 1. The van der Waals surface area contributed by atoms with Crippen molar-refractivity contribution in [2.75, 3.05) is 18.2 Å². The van der Waals surface area contributed by atoms with Crippen LogP contribution in [0.2, 0.25) is 5.02 Å². The van der Waals surface area contributed by atoms with Crippen molar-refractivity contribution >= 4 is 23.1 Å². The van der Waals surface area contributed by atoms with E-state index in [4.69, 9.17) is 22.1 Å². The van der Waals surface area contributed by atoms with Gasteiger partial charge >= 0.3 is 0 Å². The smallest absolute Gasteiger partial charge is 0.150 e. The number of benzene rings is 1. The van der Waals surface area contributed by atoms with Gasteiger partial charge < -0.3 is 15.8 Å². The minimum absolute atomic E-state index is 0.433. The molecule has 1 saturated carbocycles. The van der Waals surface area contributed by atoms with E-state index in [9.17, 15) is 0 Å². The number of nitrogens with zero attached hydrogens (tertiary/aromatic N) is 1. The Hall–Kier alpha value is -1.94. The Morgan fingerprint density at radius 1 is 1.38 bits per heavy atom. The van der Waals surface area contributed by atoms with Gasteiger partial charge in [0.1, 0.15) is 11.6 Å². The zero-order chi connectivity index (χ0) is 17.3. The van der Waals surface area contributed by atoms with Crippen LogP contribution in [0.25, 0.3) is 11.1 Å². The van der Waals surface area contributed by atoms with Gasteiger partial charge in [0, 0.05) is 23.4 Å². The van der Waals surface area contributed by atoms with Crippen LogP contribution in [0.1, 0.15) is 31.7 Å². The van der Waals surface area contributed by atoms with Gasteiger partial charge in [-0.1, -0.05) is 18.5 Å². The summed E-state index contributed by atoms with van der Waals surface area (Å²) in [6.07, 6.45) is 5.42. The first-order valence-electron chi connectivity index (χ1n) is 8.40. The third kappa shape index (κ3) is 3.29. The van der Waals surface area contributed by atoms with Crippen molar-refractivity contribution in [3.63, 3.8) is 0 Å². The monoisotopic (exact) mass is 345 g/mol. The second kappa shape index (κ2) is 6.89. The molecule has 0 spiro atoms. The van der Waals surface area contributed by atoms with Crippen molar-refractivity contribution < 1.29 is 4.74 Å². The van der Waals surface area contributed by atoms with Crippen molar-refractivity contribution in [2.45, 2.75) is 39.2 Å². The number of ether oxygens (including phenoxy) is 1. The highest BCUT2D eigenvalue weighted by molar-refractivity contribution is 6.33. The topological polar surface area (TPSA) is 60.2 Å². The lowest BCUT2D eigenvalue weighted by Gasteiger charge is -2.20. The average Bonchev–Trinajstić information content (AvgIpc) is 3.41. The fourth-order valence-electron chi connectivity index (χ4n) is 3.14. The van der Waals surface area contributed by atoms with Gasteiger partial charge in [0.05, 0.1) is 17.8 Å². The lowest BCUT2D eigenvalue weighted by Crippen LogP contribution is -2.22. The highest BCUT2D eigenvalue weighted by Crippen LogP contribution is 2.40. The van der Waals surface area contributed by atoms with Crippen LogP contribution in [0.5, 0.6) is 5.75 Å². The van der Waals surface area contributed by atoms with Crippen molar-refractivity contribution in [2.24, 2.45) is 5.92 Å². The van der Waals surface area contributed by atoms with E-state index in [0.29, 0.717) is 16.8 Å². The maximum absolute atomic E-state index is 6.46. The quantitative estimate of drug-likeness (QED) is 0.781. The van der Waals surface area contributed by atoms with Crippen LogP contribution in [0, 0.1) is 12.8 Å². The average molecular weight is 346 g/mol. The van der Waals surface area contributed by atoms with E-state index in [1.165, 1.54) is 12.8 Å².